The molecule has 0 aromatic carbocycles. The van der Waals surface area contributed by atoms with E-state index in [0.717, 1.165) is 24.4 Å². The normalized spacial score (nSPS) is 31.7. The molecule has 1 fully saturated rings. The summed E-state index contributed by atoms with van der Waals surface area (Å²) in [5, 5.41) is 3.65. The number of aromatic nitrogens is 1. The number of aromatic amines is 1. The maximum Gasteiger partial charge on any atom is 0.0223 e. The van der Waals surface area contributed by atoms with Crippen molar-refractivity contribution in [3.8, 4) is 0 Å². The number of hydrogen-bond acceptors (Lipinski definition) is 1. The first-order valence-electron chi connectivity index (χ1n) is 6.10. The highest BCUT2D eigenvalue weighted by Gasteiger charge is 2.23. The molecule has 3 unspecified atom stereocenters. The van der Waals surface area contributed by atoms with Crippen molar-refractivity contribution in [1.29, 1.82) is 0 Å². The molecule has 2 nitrogen and oxygen atoms in total. The van der Waals surface area contributed by atoms with Crippen molar-refractivity contribution in [3.05, 3.63) is 24.0 Å². The van der Waals surface area contributed by atoms with E-state index in [1.165, 1.54) is 24.8 Å². The van der Waals surface area contributed by atoms with Crippen LogP contribution in [0, 0.1) is 11.8 Å². The summed E-state index contributed by atoms with van der Waals surface area (Å²) >= 11 is 0. The molecule has 1 aromatic heterocycles. The van der Waals surface area contributed by atoms with Crippen LogP contribution in [0.15, 0.2) is 18.5 Å². The molecule has 1 aliphatic carbocycles. The van der Waals surface area contributed by atoms with Crippen LogP contribution in [0.3, 0.4) is 0 Å². The van der Waals surface area contributed by atoms with E-state index in [-0.39, 0.29) is 0 Å². The molecule has 2 N–H and O–H groups in total. The predicted octanol–water partition coefficient (Wildman–Crippen LogP) is 2.93. The molecule has 3 atom stereocenters. The van der Waals surface area contributed by atoms with Gasteiger partial charge in [-0.05, 0) is 42.7 Å². The zero-order valence-corrected chi connectivity index (χ0v) is 9.79. The van der Waals surface area contributed by atoms with Gasteiger partial charge in [-0.2, -0.15) is 0 Å². The van der Waals surface area contributed by atoms with Crippen LogP contribution >= 0.6 is 0 Å². The molecule has 15 heavy (non-hydrogen) atoms. The minimum atomic E-state index is 0.728. The Kier molecular flexibility index (Phi) is 3.47. The predicted molar refractivity (Wildman–Crippen MR) is 63.6 cm³/mol. The molecule has 1 aliphatic rings. The van der Waals surface area contributed by atoms with Gasteiger partial charge >= 0.3 is 0 Å². The number of nitrogens with one attached hydrogen (secondary N) is 2. The zero-order chi connectivity index (χ0) is 10.7. The van der Waals surface area contributed by atoms with Gasteiger partial charge in [0.15, 0.2) is 0 Å². The van der Waals surface area contributed by atoms with Crippen molar-refractivity contribution in [1.82, 2.24) is 10.3 Å². The van der Waals surface area contributed by atoms with Crippen LogP contribution in [0.4, 0.5) is 0 Å². The molecule has 84 valence electrons. The average Bonchev–Trinajstić information content (AvgIpc) is 2.73. The number of rotatable bonds is 3. The van der Waals surface area contributed by atoms with E-state index in [4.69, 9.17) is 0 Å². The molecule has 2 heteroatoms. The third kappa shape index (κ3) is 2.85. The van der Waals surface area contributed by atoms with Gasteiger partial charge in [0, 0.05) is 25.0 Å². The van der Waals surface area contributed by atoms with Crippen LogP contribution < -0.4 is 5.32 Å². The molecule has 0 bridgehead atoms. The molecule has 1 heterocycles. The SMILES string of the molecule is CC1CCC(NCc2cc[nH]c2)CC1C. The van der Waals surface area contributed by atoms with Crippen LogP contribution in [0.25, 0.3) is 0 Å². The molecule has 0 amide bonds. The minimum absolute atomic E-state index is 0.728. The lowest BCUT2D eigenvalue weighted by molar-refractivity contribution is 0.225. The van der Waals surface area contributed by atoms with Crippen LogP contribution in [0.5, 0.6) is 0 Å². The maximum atomic E-state index is 3.65. The van der Waals surface area contributed by atoms with E-state index in [1.54, 1.807) is 0 Å². The summed E-state index contributed by atoms with van der Waals surface area (Å²) in [7, 11) is 0. The molecule has 2 rings (SSSR count). The summed E-state index contributed by atoms with van der Waals surface area (Å²) in [4.78, 5) is 3.09. The second-order valence-corrected chi connectivity index (χ2v) is 5.06. The lowest BCUT2D eigenvalue weighted by Gasteiger charge is -2.32. The number of hydrogen-bond donors (Lipinski definition) is 2. The zero-order valence-electron chi connectivity index (χ0n) is 9.79. The summed E-state index contributed by atoms with van der Waals surface area (Å²) in [6.07, 6.45) is 8.12. The summed E-state index contributed by atoms with van der Waals surface area (Å²) in [6.45, 7) is 5.77. The van der Waals surface area contributed by atoms with Gasteiger partial charge in [-0.15, -0.1) is 0 Å². The van der Waals surface area contributed by atoms with Crippen LogP contribution in [-0.4, -0.2) is 11.0 Å². The Morgan fingerprint density at radius 1 is 1.33 bits per heavy atom. The first-order chi connectivity index (χ1) is 7.25. The van der Waals surface area contributed by atoms with Crippen molar-refractivity contribution >= 4 is 0 Å². The van der Waals surface area contributed by atoms with E-state index in [0.29, 0.717) is 0 Å². The Morgan fingerprint density at radius 3 is 2.87 bits per heavy atom. The van der Waals surface area contributed by atoms with Crippen molar-refractivity contribution in [2.45, 2.75) is 45.7 Å². The fraction of sp³-hybridized carbons (Fsp3) is 0.692. The Labute approximate surface area is 92.5 Å². The second-order valence-electron chi connectivity index (χ2n) is 5.06. The lowest BCUT2D eigenvalue weighted by Crippen LogP contribution is -2.35. The largest absolute Gasteiger partial charge is 0.367 e. The standard InChI is InChI=1S/C13H22N2/c1-10-3-4-13(7-11(10)2)15-9-12-5-6-14-8-12/h5-6,8,10-11,13-15H,3-4,7,9H2,1-2H3. The first-order valence-corrected chi connectivity index (χ1v) is 6.10. The minimum Gasteiger partial charge on any atom is -0.367 e. The third-order valence-corrected chi connectivity index (χ3v) is 3.86. The van der Waals surface area contributed by atoms with Gasteiger partial charge in [0.05, 0.1) is 0 Å². The summed E-state index contributed by atoms with van der Waals surface area (Å²) < 4.78 is 0. The molecule has 0 radical (unpaired) electrons. The smallest absolute Gasteiger partial charge is 0.0223 e. The topological polar surface area (TPSA) is 27.8 Å². The van der Waals surface area contributed by atoms with Crippen molar-refractivity contribution < 1.29 is 0 Å². The fourth-order valence-corrected chi connectivity index (χ4v) is 2.46. The molecule has 0 aliphatic heterocycles. The molecule has 1 saturated carbocycles. The quantitative estimate of drug-likeness (QED) is 0.782. The van der Waals surface area contributed by atoms with Crippen LogP contribution in [0.1, 0.15) is 38.7 Å². The molecule has 1 aromatic rings. The highest BCUT2D eigenvalue weighted by Crippen LogP contribution is 2.29. The van der Waals surface area contributed by atoms with E-state index in [9.17, 15) is 0 Å². The highest BCUT2D eigenvalue weighted by molar-refractivity contribution is 5.07. The van der Waals surface area contributed by atoms with E-state index in [1.807, 2.05) is 6.20 Å². The Bertz CT molecular complexity index is 279. The fourth-order valence-electron chi connectivity index (χ4n) is 2.46. The maximum absolute atomic E-state index is 3.65. The van der Waals surface area contributed by atoms with Gasteiger partial charge in [-0.3, -0.25) is 0 Å². The van der Waals surface area contributed by atoms with E-state index in [2.05, 4.69) is 36.4 Å². The summed E-state index contributed by atoms with van der Waals surface area (Å²) in [5.74, 6) is 1.79. The average molecular weight is 206 g/mol. The van der Waals surface area contributed by atoms with Gasteiger partial charge in [-0.25, -0.2) is 0 Å². The second kappa shape index (κ2) is 4.84. The molecule has 0 spiro atoms. The van der Waals surface area contributed by atoms with Gasteiger partial charge in [-0.1, -0.05) is 13.8 Å². The number of H-pyrrole nitrogens is 1. The molecule has 0 saturated heterocycles. The van der Waals surface area contributed by atoms with Crippen LogP contribution in [0.2, 0.25) is 0 Å². The van der Waals surface area contributed by atoms with E-state index < -0.39 is 0 Å². The van der Waals surface area contributed by atoms with Gasteiger partial charge in [0.2, 0.25) is 0 Å². The molecular formula is C13H22N2. The van der Waals surface area contributed by atoms with Gasteiger partial charge in [0.1, 0.15) is 0 Å². The third-order valence-electron chi connectivity index (χ3n) is 3.86. The highest BCUT2D eigenvalue weighted by atomic mass is 14.9. The summed E-state index contributed by atoms with van der Waals surface area (Å²) in [5.41, 5.74) is 1.36. The monoisotopic (exact) mass is 206 g/mol. The van der Waals surface area contributed by atoms with Crippen molar-refractivity contribution in [2.75, 3.05) is 0 Å². The van der Waals surface area contributed by atoms with Crippen molar-refractivity contribution in [3.63, 3.8) is 0 Å². The summed E-state index contributed by atoms with van der Waals surface area (Å²) in [6, 6.07) is 2.87. The van der Waals surface area contributed by atoms with E-state index >= 15 is 0 Å². The Morgan fingerprint density at radius 2 is 2.20 bits per heavy atom. The van der Waals surface area contributed by atoms with Gasteiger partial charge < -0.3 is 10.3 Å². The van der Waals surface area contributed by atoms with Crippen molar-refractivity contribution in [2.24, 2.45) is 11.8 Å². The van der Waals surface area contributed by atoms with Crippen LogP contribution in [-0.2, 0) is 6.54 Å². The Balaban J connectivity index is 1.76. The lowest BCUT2D eigenvalue weighted by atomic mass is 9.79. The Hall–Kier alpha value is -0.760. The van der Waals surface area contributed by atoms with Gasteiger partial charge in [0.25, 0.3) is 0 Å². The molecular weight excluding hydrogens is 184 g/mol. The first kappa shape index (κ1) is 10.7.